The second-order valence-electron chi connectivity index (χ2n) is 4.73. The predicted molar refractivity (Wildman–Crippen MR) is 76.5 cm³/mol. The van der Waals surface area contributed by atoms with Crippen molar-refractivity contribution in [1.82, 2.24) is 5.32 Å². The number of aryl methyl sites for hydroxylation is 2. The van der Waals surface area contributed by atoms with Crippen LogP contribution in [0.3, 0.4) is 0 Å². The molecule has 1 nitrogen and oxygen atoms in total. The molecule has 0 heterocycles. The lowest BCUT2D eigenvalue weighted by Crippen LogP contribution is -2.13. The lowest BCUT2D eigenvalue weighted by molar-refractivity contribution is 0.616. The van der Waals surface area contributed by atoms with Gasteiger partial charge in [-0.25, -0.2) is 0 Å². The van der Waals surface area contributed by atoms with Crippen LogP contribution in [-0.2, 0) is 12.8 Å². The Labute approximate surface area is 107 Å². The number of nitrogens with one attached hydrogen (secondary N) is 1. The molecule has 1 aromatic rings. The number of benzene rings is 1. The number of hydrogen-bond donors (Lipinski definition) is 1. The first kappa shape index (κ1) is 14.2. The average molecular weight is 233 g/mol. The van der Waals surface area contributed by atoms with Crippen molar-refractivity contribution in [3.8, 4) is 0 Å². The quantitative estimate of drug-likeness (QED) is 0.637. The number of rotatable bonds is 9. The van der Waals surface area contributed by atoms with Crippen LogP contribution in [0, 0.1) is 0 Å². The Kier molecular flexibility index (Phi) is 7.74. The molecule has 1 aromatic carbocycles. The van der Waals surface area contributed by atoms with E-state index in [1.165, 1.54) is 56.2 Å². The van der Waals surface area contributed by atoms with Crippen LogP contribution in [0.2, 0.25) is 0 Å². The summed E-state index contributed by atoms with van der Waals surface area (Å²) in [6.07, 6.45) is 7.65. The van der Waals surface area contributed by atoms with Crippen LogP contribution in [0.1, 0.15) is 50.7 Å². The molecule has 96 valence electrons. The van der Waals surface area contributed by atoms with Crippen LogP contribution >= 0.6 is 0 Å². The van der Waals surface area contributed by atoms with Crippen molar-refractivity contribution in [2.75, 3.05) is 13.1 Å². The van der Waals surface area contributed by atoms with Crippen LogP contribution in [0.25, 0.3) is 0 Å². The van der Waals surface area contributed by atoms with Gasteiger partial charge in [0.25, 0.3) is 0 Å². The molecule has 17 heavy (non-hydrogen) atoms. The fourth-order valence-corrected chi connectivity index (χ4v) is 2.09. The zero-order valence-corrected chi connectivity index (χ0v) is 11.5. The standard InChI is InChI=1S/C16H27N/c1-3-8-15-10-12-16(13-11-15)9-6-5-7-14-17-4-2/h10-13,17H,3-9,14H2,1-2H3. The fourth-order valence-electron chi connectivity index (χ4n) is 2.09. The van der Waals surface area contributed by atoms with Crippen LogP contribution in [0.5, 0.6) is 0 Å². The van der Waals surface area contributed by atoms with Gasteiger partial charge in [-0.3, -0.25) is 0 Å². The Balaban J connectivity index is 2.14. The summed E-state index contributed by atoms with van der Waals surface area (Å²) < 4.78 is 0. The maximum absolute atomic E-state index is 3.37. The van der Waals surface area contributed by atoms with Gasteiger partial charge in [-0.1, -0.05) is 51.0 Å². The monoisotopic (exact) mass is 233 g/mol. The maximum atomic E-state index is 3.37. The van der Waals surface area contributed by atoms with Crippen molar-refractivity contribution >= 4 is 0 Å². The molecule has 0 fully saturated rings. The van der Waals surface area contributed by atoms with Gasteiger partial charge in [0.15, 0.2) is 0 Å². The molecule has 0 bridgehead atoms. The van der Waals surface area contributed by atoms with Crippen molar-refractivity contribution in [3.05, 3.63) is 35.4 Å². The highest BCUT2D eigenvalue weighted by Gasteiger charge is 1.95. The molecule has 0 saturated carbocycles. The molecule has 1 N–H and O–H groups in total. The smallest absolute Gasteiger partial charge is 0.00490 e. The molecule has 0 saturated heterocycles. The van der Waals surface area contributed by atoms with Crippen LogP contribution < -0.4 is 5.32 Å². The second-order valence-corrected chi connectivity index (χ2v) is 4.73. The molecular formula is C16H27N. The van der Waals surface area contributed by atoms with Crippen molar-refractivity contribution in [3.63, 3.8) is 0 Å². The Morgan fingerprint density at radius 3 is 2.06 bits per heavy atom. The third kappa shape index (κ3) is 6.48. The third-order valence-corrected chi connectivity index (χ3v) is 3.13. The van der Waals surface area contributed by atoms with E-state index in [4.69, 9.17) is 0 Å². The summed E-state index contributed by atoms with van der Waals surface area (Å²) >= 11 is 0. The van der Waals surface area contributed by atoms with Crippen molar-refractivity contribution in [2.45, 2.75) is 52.4 Å². The van der Waals surface area contributed by atoms with E-state index in [9.17, 15) is 0 Å². The molecule has 0 aliphatic carbocycles. The Hall–Kier alpha value is -0.820. The van der Waals surface area contributed by atoms with Gasteiger partial charge in [-0.05, 0) is 49.9 Å². The Bertz CT molecular complexity index is 276. The minimum absolute atomic E-state index is 1.10. The van der Waals surface area contributed by atoms with Crippen LogP contribution in [0.15, 0.2) is 24.3 Å². The summed E-state index contributed by atoms with van der Waals surface area (Å²) in [7, 11) is 0. The molecule has 0 atom stereocenters. The van der Waals surface area contributed by atoms with Gasteiger partial charge in [-0.2, -0.15) is 0 Å². The molecule has 0 aliphatic rings. The van der Waals surface area contributed by atoms with Gasteiger partial charge in [0.05, 0.1) is 0 Å². The highest BCUT2D eigenvalue weighted by Crippen LogP contribution is 2.10. The topological polar surface area (TPSA) is 12.0 Å². The average Bonchev–Trinajstić information content (AvgIpc) is 2.36. The summed E-state index contributed by atoms with van der Waals surface area (Å²) in [5.74, 6) is 0. The molecule has 0 aromatic heterocycles. The zero-order valence-electron chi connectivity index (χ0n) is 11.5. The molecule has 0 unspecified atom stereocenters. The van der Waals surface area contributed by atoms with Gasteiger partial charge in [0.2, 0.25) is 0 Å². The van der Waals surface area contributed by atoms with Crippen molar-refractivity contribution in [1.29, 1.82) is 0 Å². The molecule has 1 rings (SSSR count). The molecular weight excluding hydrogens is 206 g/mol. The van der Waals surface area contributed by atoms with E-state index < -0.39 is 0 Å². The summed E-state index contributed by atoms with van der Waals surface area (Å²) in [6.45, 7) is 6.67. The maximum Gasteiger partial charge on any atom is -0.00490 e. The minimum Gasteiger partial charge on any atom is -0.317 e. The number of hydrogen-bond acceptors (Lipinski definition) is 1. The van der Waals surface area contributed by atoms with Crippen molar-refractivity contribution < 1.29 is 0 Å². The van der Waals surface area contributed by atoms with E-state index in [1.54, 1.807) is 0 Å². The molecule has 0 amide bonds. The molecule has 1 heteroatoms. The normalized spacial score (nSPS) is 10.7. The van der Waals surface area contributed by atoms with Gasteiger partial charge >= 0.3 is 0 Å². The first-order valence-corrected chi connectivity index (χ1v) is 7.15. The Morgan fingerprint density at radius 1 is 0.824 bits per heavy atom. The molecule has 0 aliphatic heterocycles. The van der Waals surface area contributed by atoms with E-state index in [-0.39, 0.29) is 0 Å². The van der Waals surface area contributed by atoms with Crippen LogP contribution in [-0.4, -0.2) is 13.1 Å². The Morgan fingerprint density at radius 2 is 1.47 bits per heavy atom. The number of unbranched alkanes of at least 4 members (excludes halogenated alkanes) is 2. The summed E-state index contributed by atoms with van der Waals surface area (Å²) in [5.41, 5.74) is 2.97. The van der Waals surface area contributed by atoms with E-state index in [0.717, 1.165) is 6.54 Å². The summed E-state index contributed by atoms with van der Waals surface area (Å²) in [5, 5.41) is 3.37. The van der Waals surface area contributed by atoms with E-state index in [1.807, 2.05) is 0 Å². The highest BCUT2D eigenvalue weighted by molar-refractivity contribution is 5.22. The molecule has 0 radical (unpaired) electrons. The molecule has 0 spiro atoms. The lowest BCUT2D eigenvalue weighted by Gasteiger charge is -2.04. The third-order valence-electron chi connectivity index (χ3n) is 3.13. The van der Waals surface area contributed by atoms with Gasteiger partial charge in [0, 0.05) is 0 Å². The van der Waals surface area contributed by atoms with Crippen molar-refractivity contribution in [2.24, 2.45) is 0 Å². The van der Waals surface area contributed by atoms with Crippen LogP contribution in [0.4, 0.5) is 0 Å². The first-order chi connectivity index (χ1) is 8.36. The highest BCUT2D eigenvalue weighted by atomic mass is 14.8. The minimum atomic E-state index is 1.10. The first-order valence-electron chi connectivity index (χ1n) is 7.15. The predicted octanol–water partition coefficient (Wildman–Crippen LogP) is 3.96. The van der Waals surface area contributed by atoms with E-state index in [0.29, 0.717) is 0 Å². The van der Waals surface area contributed by atoms with Gasteiger partial charge in [0.1, 0.15) is 0 Å². The zero-order chi connectivity index (χ0) is 12.3. The largest absolute Gasteiger partial charge is 0.317 e. The SMILES string of the molecule is CCCc1ccc(CCCCCNCC)cc1. The summed E-state index contributed by atoms with van der Waals surface area (Å²) in [6, 6.07) is 9.18. The lowest BCUT2D eigenvalue weighted by atomic mass is 10.0. The van der Waals surface area contributed by atoms with E-state index >= 15 is 0 Å². The fraction of sp³-hybridized carbons (Fsp3) is 0.625. The summed E-state index contributed by atoms with van der Waals surface area (Å²) in [4.78, 5) is 0. The van der Waals surface area contributed by atoms with Gasteiger partial charge in [-0.15, -0.1) is 0 Å². The van der Waals surface area contributed by atoms with Gasteiger partial charge < -0.3 is 5.32 Å². The second kappa shape index (κ2) is 9.23. The van der Waals surface area contributed by atoms with E-state index in [2.05, 4.69) is 43.4 Å².